The normalized spacial score (nSPS) is 15.8. The standard InChI is InChI=1S/C25H22N4O3/c1-16(30)27-13-11-17-14-19(8-9-22(17)27)29-23(31)25(2,3)28(24(29)32)15-18-10-12-26-21-7-5-4-6-20(18)21/h4-14H,15H2,1-3H3. The van der Waals surface area contributed by atoms with Gasteiger partial charge in [0.15, 0.2) is 0 Å². The van der Waals surface area contributed by atoms with Gasteiger partial charge in [-0.2, -0.15) is 0 Å². The van der Waals surface area contributed by atoms with Crippen molar-refractivity contribution in [2.24, 2.45) is 0 Å². The topological polar surface area (TPSA) is 75.5 Å². The maximum atomic E-state index is 13.5. The number of pyridine rings is 1. The fraction of sp³-hybridized carbons (Fsp3) is 0.200. The van der Waals surface area contributed by atoms with Crippen molar-refractivity contribution in [2.75, 3.05) is 4.90 Å². The maximum absolute atomic E-state index is 13.5. The summed E-state index contributed by atoms with van der Waals surface area (Å²) in [7, 11) is 0. The third kappa shape index (κ3) is 2.89. The largest absolute Gasteiger partial charge is 0.332 e. The quantitative estimate of drug-likeness (QED) is 0.449. The van der Waals surface area contributed by atoms with Crippen LogP contribution >= 0.6 is 0 Å². The number of anilines is 1. The maximum Gasteiger partial charge on any atom is 0.332 e. The van der Waals surface area contributed by atoms with Crippen molar-refractivity contribution < 1.29 is 14.4 Å². The van der Waals surface area contributed by atoms with E-state index in [1.165, 1.54) is 16.4 Å². The number of para-hydroxylation sites is 1. The summed E-state index contributed by atoms with van der Waals surface area (Å²) in [6.45, 7) is 5.31. The highest BCUT2D eigenvalue weighted by Crippen LogP contribution is 2.35. The van der Waals surface area contributed by atoms with Crippen LogP contribution in [0.1, 0.15) is 31.1 Å². The molecular formula is C25H22N4O3. The van der Waals surface area contributed by atoms with Gasteiger partial charge in [-0.1, -0.05) is 18.2 Å². The number of amides is 3. The second-order valence-corrected chi connectivity index (χ2v) is 8.50. The summed E-state index contributed by atoms with van der Waals surface area (Å²) in [4.78, 5) is 45.8. The minimum atomic E-state index is -1.01. The predicted molar refractivity (Wildman–Crippen MR) is 122 cm³/mol. The number of fused-ring (bicyclic) bond motifs is 2. The SMILES string of the molecule is CC(=O)n1ccc2cc(N3C(=O)N(Cc4ccnc5ccccc45)C(C)(C)C3=O)ccc21. The van der Waals surface area contributed by atoms with Crippen LogP contribution in [0.3, 0.4) is 0 Å². The number of benzene rings is 2. The molecule has 0 aliphatic carbocycles. The summed E-state index contributed by atoms with van der Waals surface area (Å²) in [5, 5.41) is 1.74. The Bertz CT molecular complexity index is 1410. The number of hydrogen-bond donors (Lipinski definition) is 0. The molecule has 4 aromatic rings. The summed E-state index contributed by atoms with van der Waals surface area (Å²) in [5.74, 6) is -0.385. The average molecular weight is 426 g/mol. The van der Waals surface area contributed by atoms with Crippen molar-refractivity contribution in [1.82, 2.24) is 14.5 Å². The lowest BCUT2D eigenvalue weighted by molar-refractivity contribution is -0.123. The van der Waals surface area contributed by atoms with Crippen molar-refractivity contribution in [1.29, 1.82) is 0 Å². The summed E-state index contributed by atoms with van der Waals surface area (Å²) in [5.41, 5.74) is 1.99. The lowest BCUT2D eigenvalue weighted by Gasteiger charge is -2.28. The molecular weight excluding hydrogens is 404 g/mol. The molecule has 1 aliphatic rings. The summed E-state index contributed by atoms with van der Waals surface area (Å²) in [6, 6.07) is 16.3. The number of carbonyl (C=O) groups excluding carboxylic acids is 3. The first kappa shape index (κ1) is 19.9. The van der Waals surface area contributed by atoms with Crippen molar-refractivity contribution >= 4 is 45.3 Å². The molecule has 3 heterocycles. The molecule has 7 heteroatoms. The van der Waals surface area contributed by atoms with Crippen LogP contribution in [-0.2, 0) is 11.3 Å². The first-order valence-corrected chi connectivity index (χ1v) is 10.4. The fourth-order valence-corrected chi connectivity index (χ4v) is 4.34. The van der Waals surface area contributed by atoms with E-state index in [-0.39, 0.29) is 17.8 Å². The van der Waals surface area contributed by atoms with Gasteiger partial charge >= 0.3 is 6.03 Å². The molecule has 0 saturated carbocycles. The van der Waals surface area contributed by atoms with Crippen LogP contribution in [0.25, 0.3) is 21.8 Å². The van der Waals surface area contributed by atoms with E-state index in [1.54, 1.807) is 55.4 Å². The van der Waals surface area contributed by atoms with Crippen LogP contribution in [0.2, 0.25) is 0 Å². The van der Waals surface area contributed by atoms with Crippen LogP contribution in [-0.4, -0.2) is 37.8 Å². The zero-order valence-corrected chi connectivity index (χ0v) is 18.1. The van der Waals surface area contributed by atoms with E-state index >= 15 is 0 Å². The number of carbonyl (C=O) groups is 3. The highest BCUT2D eigenvalue weighted by atomic mass is 16.2. The highest BCUT2D eigenvalue weighted by Gasteiger charge is 2.51. The Morgan fingerprint density at radius 3 is 2.59 bits per heavy atom. The van der Waals surface area contributed by atoms with Gasteiger partial charge in [0.2, 0.25) is 5.91 Å². The molecule has 0 bridgehead atoms. The van der Waals surface area contributed by atoms with Gasteiger partial charge < -0.3 is 4.90 Å². The van der Waals surface area contributed by atoms with E-state index in [4.69, 9.17) is 0 Å². The molecule has 1 fully saturated rings. The van der Waals surface area contributed by atoms with Gasteiger partial charge in [-0.3, -0.25) is 19.1 Å². The summed E-state index contributed by atoms with van der Waals surface area (Å²) >= 11 is 0. The fourth-order valence-electron chi connectivity index (χ4n) is 4.34. The molecule has 160 valence electrons. The van der Waals surface area contributed by atoms with Crippen LogP contribution in [0.5, 0.6) is 0 Å². The molecule has 32 heavy (non-hydrogen) atoms. The number of aromatic nitrogens is 2. The number of nitrogens with zero attached hydrogens (tertiary/aromatic N) is 4. The number of rotatable bonds is 3. The monoisotopic (exact) mass is 426 g/mol. The lowest BCUT2D eigenvalue weighted by Crippen LogP contribution is -2.43. The molecule has 0 unspecified atom stereocenters. The smallest absolute Gasteiger partial charge is 0.305 e. The highest BCUT2D eigenvalue weighted by molar-refractivity contribution is 6.23. The molecule has 1 saturated heterocycles. The van der Waals surface area contributed by atoms with E-state index in [0.29, 0.717) is 12.2 Å². The van der Waals surface area contributed by atoms with Crippen molar-refractivity contribution in [3.05, 3.63) is 72.6 Å². The van der Waals surface area contributed by atoms with Crippen molar-refractivity contribution in [3.63, 3.8) is 0 Å². The molecule has 1 aliphatic heterocycles. The molecule has 3 amide bonds. The Balaban J connectivity index is 1.53. The van der Waals surface area contributed by atoms with E-state index in [2.05, 4.69) is 4.98 Å². The molecule has 0 N–H and O–H groups in total. The first-order valence-electron chi connectivity index (χ1n) is 10.4. The molecule has 2 aromatic heterocycles. The number of urea groups is 1. The van der Waals surface area contributed by atoms with Gasteiger partial charge in [0.1, 0.15) is 5.54 Å². The third-order valence-corrected chi connectivity index (χ3v) is 6.16. The van der Waals surface area contributed by atoms with Gasteiger partial charge in [0.25, 0.3) is 5.91 Å². The minimum Gasteiger partial charge on any atom is -0.305 e. The third-order valence-electron chi connectivity index (χ3n) is 6.16. The Morgan fingerprint density at radius 2 is 1.81 bits per heavy atom. The van der Waals surface area contributed by atoms with Gasteiger partial charge in [-0.05, 0) is 55.8 Å². The number of hydrogen-bond acceptors (Lipinski definition) is 4. The van der Waals surface area contributed by atoms with E-state index in [0.717, 1.165) is 27.4 Å². The Labute approximate surface area is 184 Å². The Hall–Kier alpha value is -4.00. The average Bonchev–Trinajstić information content (AvgIpc) is 3.27. The van der Waals surface area contributed by atoms with Crippen LogP contribution < -0.4 is 4.90 Å². The molecule has 0 atom stereocenters. The second-order valence-electron chi connectivity index (χ2n) is 8.50. The Kier molecular flexibility index (Phi) is 4.37. The van der Waals surface area contributed by atoms with Gasteiger partial charge in [-0.25, -0.2) is 9.69 Å². The van der Waals surface area contributed by atoms with E-state index < -0.39 is 5.54 Å². The summed E-state index contributed by atoms with van der Waals surface area (Å²) < 4.78 is 1.54. The van der Waals surface area contributed by atoms with Crippen LogP contribution in [0, 0.1) is 0 Å². The van der Waals surface area contributed by atoms with E-state index in [9.17, 15) is 14.4 Å². The minimum absolute atomic E-state index is 0.0991. The number of imide groups is 1. The van der Waals surface area contributed by atoms with Crippen LogP contribution in [0.4, 0.5) is 10.5 Å². The van der Waals surface area contributed by atoms with Crippen molar-refractivity contribution in [2.45, 2.75) is 32.9 Å². The van der Waals surface area contributed by atoms with Gasteiger partial charge in [-0.15, -0.1) is 0 Å². The molecule has 0 radical (unpaired) electrons. The first-order chi connectivity index (χ1) is 15.3. The van der Waals surface area contributed by atoms with Gasteiger partial charge in [0.05, 0.1) is 16.7 Å². The molecule has 0 spiro atoms. The Morgan fingerprint density at radius 1 is 1.03 bits per heavy atom. The molecule has 2 aromatic carbocycles. The zero-order chi connectivity index (χ0) is 22.6. The second kappa shape index (κ2) is 7.02. The van der Waals surface area contributed by atoms with Gasteiger partial charge in [0, 0.05) is 36.6 Å². The van der Waals surface area contributed by atoms with Crippen molar-refractivity contribution in [3.8, 4) is 0 Å². The van der Waals surface area contributed by atoms with E-state index in [1.807, 2.05) is 30.3 Å². The summed E-state index contributed by atoms with van der Waals surface area (Å²) in [6.07, 6.45) is 3.41. The molecule has 7 nitrogen and oxygen atoms in total. The lowest BCUT2D eigenvalue weighted by atomic mass is 10.0. The van der Waals surface area contributed by atoms with Crippen LogP contribution in [0.15, 0.2) is 67.0 Å². The predicted octanol–water partition coefficient (Wildman–Crippen LogP) is 4.60. The molecule has 5 rings (SSSR count). The zero-order valence-electron chi connectivity index (χ0n) is 18.1.